The van der Waals surface area contributed by atoms with Crippen LogP contribution >= 0.6 is 0 Å². The molecule has 18 heavy (non-hydrogen) atoms. The van der Waals surface area contributed by atoms with E-state index in [1.54, 1.807) is 0 Å². The van der Waals surface area contributed by atoms with E-state index < -0.39 is 0 Å². The molecule has 0 bridgehead atoms. The molecule has 4 unspecified atom stereocenters. The summed E-state index contributed by atoms with van der Waals surface area (Å²) in [7, 11) is 0. The fraction of sp³-hybridized carbons (Fsp3) is 1.00. The van der Waals surface area contributed by atoms with Gasteiger partial charge in [0.15, 0.2) is 0 Å². The minimum absolute atomic E-state index is 0.390. The van der Waals surface area contributed by atoms with Crippen molar-refractivity contribution >= 4 is 0 Å². The maximum absolute atomic E-state index is 9.36. The zero-order valence-electron chi connectivity index (χ0n) is 11.6. The molecule has 1 heterocycles. The van der Waals surface area contributed by atoms with Crippen molar-refractivity contribution in [1.82, 2.24) is 10.2 Å². The average molecular weight is 252 g/mol. The van der Waals surface area contributed by atoms with Crippen molar-refractivity contribution in [2.45, 2.75) is 63.6 Å². The summed E-state index contributed by atoms with van der Waals surface area (Å²) < 4.78 is 0. The first-order chi connectivity index (χ1) is 8.78. The Balaban J connectivity index is 1.43. The number of likely N-dealkylation sites (tertiary alicyclic amines) is 1. The third kappa shape index (κ3) is 2.73. The summed E-state index contributed by atoms with van der Waals surface area (Å²) in [6, 6.07) is 2.37. The van der Waals surface area contributed by atoms with E-state index in [0.717, 1.165) is 24.5 Å². The Labute approximate surface area is 111 Å². The zero-order chi connectivity index (χ0) is 12.5. The minimum Gasteiger partial charge on any atom is -0.396 e. The molecule has 3 nitrogen and oxygen atoms in total. The molecule has 4 atom stereocenters. The van der Waals surface area contributed by atoms with Crippen LogP contribution in [0, 0.1) is 11.8 Å². The quantitative estimate of drug-likeness (QED) is 0.780. The normalized spacial score (nSPS) is 41.7. The van der Waals surface area contributed by atoms with Gasteiger partial charge in [0, 0.05) is 31.3 Å². The zero-order valence-corrected chi connectivity index (χ0v) is 11.6. The van der Waals surface area contributed by atoms with E-state index in [-0.39, 0.29) is 0 Å². The highest BCUT2D eigenvalue weighted by Gasteiger charge is 2.39. The van der Waals surface area contributed by atoms with Crippen molar-refractivity contribution in [3.8, 4) is 0 Å². The number of nitrogens with zero attached hydrogens (tertiary/aromatic N) is 1. The van der Waals surface area contributed by atoms with E-state index in [4.69, 9.17) is 0 Å². The second kappa shape index (κ2) is 5.48. The molecule has 0 amide bonds. The summed E-state index contributed by atoms with van der Waals surface area (Å²) in [6.07, 6.45) is 8.02. The van der Waals surface area contributed by atoms with Gasteiger partial charge in [0.05, 0.1) is 0 Å². The largest absolute Gasteiger partial charge is 0.396 e. The highest BCUT2D eigenvalue weighted by molar-refractivity contribution is 4.96. The fourth-order valence-corrected chi connectivity index (χ4v) is 4.06. The topological polar surface area (TPSA) is 35.5 Å². The molecule has 2 N–H and O–H groups in total. The molecule has 3 rings (SSSR count). The fourth-order valence-electron chi connectivity index (χ4n) is 4.06. The molecule has 2 saturated carbocycles. The van der Waals surface area contributed by atoms with Gasteiger partial charge < -0.3 is 10.4 Å². The van der Waals surface area contributed by atoms with Crippen molar-refractivity contribution in [3.05, 3.63) is 0 Å². The molecule has 0 aromatic heterocycles. The van der Waals surface area contributed by atoms with Gasteiger partial charge in [-0.1, -0.05) is 6.42 Å². The first-order valence-corrected chi connectivity index (χ1v) is 7.88. The maximum atomic E-state index is 9.36. The number of aliphatic hydroxyl groups is 1. The standard InChI is InChI=1S/C15H28N2O/c1-11-7-14(9-17(11)15-5-6-15)16-8-12-3-2-4-13(12)10-18/h11-16,18H,2-10H2,1H3. The second-order valence-electron chi connectivity index (χ2n) is 6.75. The predicted octanol–water partition coefficient (Wildman–Crippen LogP) is 1.61. The summed E-state index contributed by atoms with van der Waals surface area (Å²) in [5.41, 5.74) is 0. The summed E-state index contributed by atoms with van der Waals surface area (Å²) in [5.74, 6) is 1.29. The minimum atomic E-state index is 0.390. The Hall–Kier alpha value is -0.120. The number of nitrogens with one attached hydrogen (secondary N) is 1. The Morgan fingerprint density at radius 3 is 2.67 bits per heavy atom. The second-order valence-corrected chi connectivity index (χ2v) is 6.75. The van der Waals surface area contributed by atoms with E-state index in [2.05, 4.69) is 17.1 Å². The van der Waals surface area contributed by atoms with Crippen molar-refractivity contribution in [3.63, 3.8) is 0 Å². The van der Waals surface area contributed by atoms with Gasteiger partial charge in [-0.05, 0) is 57.4 Å². The third-order valence-corrected chi connectivity index (χ3v) is 5.36. The third-order valence-electron chi connectivity index (χ3n) is 5.36. The van der Waals surface area contributed by atoms with Crippen LogP contribution in [-0.4, -0.2) is 47.8 Å². The smallest absolute Gasteiger partial charge is 0.0462 e. The van der Waals surface area contributed by atoms with Crippen LogP contribution in [0.15, 0.2) is 0 Å². The summed E-state index contributed by atoms with van der Waals surface area (Å²) in [4.78, 5) is 2.70. The first-order valence-electron chi connectivity index (χ1n) is 7.88. The molecule has 1 aliphatic heterocycles. The van der Waals surface area contributed by atoms with E-state index in [0.29, 0.717) is 18.6 Å². The van der Waals surface area contributed by atoms with Gasteiger partial charge in [-0.3, -0.25) is 4.90 Å². The van der Waals surface area contributed by atoms with Crippen LogP contribution < -0.4 is 5.32 Å². The first kappa shape index (κ1) is 12.9. The lowest BCUT2D eigenvalue weighted by Crippen LogP contribution is -2.37. The molecule has 0 aromatic carbocycles. The van der Waals surface area contributed by atoms with Crippen molar-refractivity contribution in [2.24, 2.45) is 11.8 Å². The van der Waals surface area contributed by atoms with Crippen LogP contribution in [0.25, 0.3) is 0 Å². The monoisotopic (exact) mass is 252 g/mol. The van der Waals surface area contributed by atoms with Crippen LogP contribution in [0.4, 0.5) is 0 Å². The molecule has 3 aliphatic rings. The number of hydrogen-bond acceptors (Lipinski definition) is 3. The molecule has 3 heteroatoms. The van der Waals surface area contributed by atoms with Crippen LogP contribution in [0.3, 0.4) is 0 Å². The molecule has 0 aromatic rings. The Bertz CT molecular complexity index is 280. The maximum Gasteiger partial charge on any atom is 0.0462 e. The Kier molecular flexibility index (Phi) is 3.92. The summed E-state index contributed by atoms with van der Waals surface area (Å²) in [5, 5.41) is 13.1. The summed E-state index contributed by atoms with van der Waals surface area (Å²) in [6.45, 7) is 5.15. The molecule has 1 saturated heterocycles. The number of hydrogen-bond donors (Lipinski definition) is 2. The van der Waals surface area contributed by atoms with Gasteiger partial charge >= 0.3 is 0 Å². The molecule has 3 fully saturated rings. The van der Waals surface area contributed by atoms with Crippen LogP contribution in [-0.2, 0) is 0 Å². The highest BCUT2D eigenvalue weighted by Crippen LogP contribution is 2.34. The predicted molar refractivity (Wildman–Crippen MR) is 73.5 cm³/mol. The van der Waals surface area contributed by atoms with Gasteiger partial charge in [0.2, 0.25) is 0 Å². The van der Waals surface area contributed by atoms with Crippen molar-refractivity contribution < 1.29 is 5.11 Å². The van der Waals surface area contributed by atoms with Crippen molar-refractivity contribution in [1.29, 1.82) is 0 Å². The van der Waals surface area contributed by atoms with Gasteiger partial charge in [-0.2, -0.15) is 0 Å². The van der Waals surface area contributed by atoms with E-state index in [9.17, 15) is 5.11 Å². The van der Waals surface area contributed by atoms with E-state index >= 15 is 0 Å². The molecule has 0 spiro atoms. The average Bonchev–Trinajstić information content (AvgIpc) is 2.99. The van der Waals surface area contributed by atoms with Crippen LogP contribution in [0.1, 0.15) is 45.4 Å². The van der Waals surface area contributed by atoms with Crippen LogP contribution in [0.2, 0.25) is 0 Å². The molecular weight excluding hydrogens is 224 g/mol. The van der Waals surface area contributed by atoms with Gasteiger partial charge in [0.1, 0.15) is 0 Å². The SMILES string of the molecule is CC1CC(NCC2CCCC2CO)CN1C1CC1. The van der Waals surface area contributed by atoms with Gasteiger partial charge in [-0.15, -0.1) is 0 Å². The highest BCUT2D eigenvalue weighted by atomic mass is 16.3. The molecule has 0 radical (unpaired) electrons. The lowest BCUT2D eigenvalue weighted by molar-refractivity contribution is 0.190. The van der Waals surface area contributed by atoms with Crippen molar-refractivity contribution in [2.75, 3.05) is 19.7 Å². The lowest BCUT2D eigenvalue weighted by Gasteiger charge is -2.21. The Morgan fingerprint density at radius 1 is 1.17 bits per heavy atom. The van der Waals surface area contributed by atoms with Crippen LogP contribution in [0.5, 0.6) is 0 Å². The molecular formula is C15H28N2O. The summed E-state index contributed by atoms with van der Waals surface area (Å²) >= 11 is 0. The van der Waals surface area contributed by atoms with E-state index in [1.165, 1.54) is 45.1 Å². The molecule has 2 aliphatic carbocycles. The number of rotatable bonds is 5. The molecule has 104 valence electrons. The Morgan fingerprint density at radius 2 is 1.94 bits per heavy atom. The van der Waals surface area contributed by atoms with Gasteiger partial charge in [0.25, 0.3) is 0 Å². The number of aliphatic hydroxyl groups excluding tert-OH is 1. The van der Waals surface area contributed by atoms with E-state index in [1.807, 2.05) is 0 Å². The van der Waals surface area contributed by atoms with Gasteiger partial charge in [-0.25, -0.2) is 0 Å². The lowest BCUT2D eigenvalue weighted by atomic mass is 9.96.